The Labute approximate surface area is 111 Å². The van der Waals surface area contributed by atoms with E-state index in [0.717, 1.165) is 8.95 Å². The van der Waals surface area contributed by atoms with Crippen LogP contribution in [-0.4, -0.2) is 19.1 Å². The van der Waals surface area contributed by atoms with Crippen molar-refractivity contribution in [1.29, 1.82) is 0 Å². The molecule has 1 aromatic carbocycles. The molecule has 0 saturated carbocycles. The monoisotopic (exact) mass is 350 g/mol. The molecule has 1 unspecified atom stereocenters. The average molecular weight is 352 g/mol. The number of carbonyl (C=O) groups is 1. The summed E-state index contributed by atoms with van der Waals surface area (Å²) in [5, 5.41) is 2.70. The van der Waals surface area contributed by atoms with E-state index < -0.39 is 6.10 Å². The number of nitrogens with two attached hydrogens (primary N) is 1. The lowest BCUT2D eigenvalue weighted by Crippen LogP contribution is -2.27. The van der Waals surface area contributed by atoms with Crippen molar-refractivity contribution < 1.29 is 9.53 Å². The number of nitrogen functional groups attached to an aromatic ring is 1. The Kier molecular flexibility index (Phi) is 4.76. The van der Waals surface area contributed by atoms with Crippen LogP contribution >= 0.6 is 31.9 Å². The molecule has 0 saturated heterocycles. The molecule has 1 amide bonds. The lowest BCUT2D eigenvalue weighted by atomic mass is 10.2. The van der Waals surface area contributed by atoms with Crippen LogP contribution in [-0.2, 0) is 9.53 Å². The van der Waals surface area contributed by atoms with Crippen LogP contribution < -0.4 is 11.1 Å². The highest BCUT2D eigenvalue weighted by molar-refractivity contribution is 9.11. The lowest BCUT2D eigenvalue weighted by molar-refractivity contribution is -0.124. The van der Waals surface area contributed by atoms with Crippen molar-refractivity contribution in [3.63, 3.8) is 0 Å². The highest BCUT2D eigenvalue weighted by Gasteiger charge is 2.15. The Balaban J connectivity index is 2.93. The molecule has 0 aliphatic carbocycles. The van der Waals surface area contributed by atoms with Gasteiger partial charge in [0.25, 0.3) is 5.91 Å². The summed E-state index contributed by atoms with van der Waals surface area (Å²) < 4.78 is 6.47. The second-order valence-electron chi connectivity index (χ2n) is 3.22. The number of hydrogen-bond donors (Lipinski definition) is 2. The van der Waals surface area contributed by atoms with Gasteiger partial charge in [-0.3, -0.25) is 4.79 Å². The number of amides is 1. The molecule has 1 atom stereocenters. The summed E-state index contributed by atoms with van der Waals surface area (Å²) in [5.41, 5.74) is 6.83. The predicted octanol–water partition coefficient (Wildman–Crippen LogP) is 2.77. The van der Waals surface area contributed by atoms with E-state index >= 15 is 0 Å². The predicted molar refractivity (Wildman–Crippen MR) is 71.4 cm³/mol. The normalized spacial score (nSPS) is 12.2. The molecule has 0 spiro atoms. The maximum Gasteiger partial charge on any atom is 0.253 e. The van der Waals surface area contributed by atoms with Crippen molar-refractivity contribution in [2.24, 2.45) is 0 Å². The Morgan fingerprint density at radius 2 is 2.12 bits per heavy atom. The van der Waals surface area contributed by atoms with Crippen LogP contribution in [0.1, 0.15) is 6.92 Å². The number of nitrogens with one attached hydrogen (secondary N) is 1. The molecule has 6 heteroatoms. The summed E-state index contributed by atoms with van der Waals surface area (Å²) in [5.74, 6) is -0.239. The molecule has 0 heterocycles. The molecule has 0 aliphatic rings. The minimum atomic E-state index is -0.519. The van der Waals surface area contributed by atoms with Gasteiger partial charge in [0.1, 0.15) is 6.10 Å². The third-order valence-corrected chi connectivity index (χ3v) is 3.14. The second kappa shape index (κ2) is 5.65. The number of hydrogen-bond acceptors (Lipinski definition) is 3. The molecule has 4 nitrogen and oxygen atoms in total. The summed E-state index contributed by atoms with van der Waals surface area (Å²) in [4.78, 5) is 11.6. The Morgan fingerprint density at radius 3 is 2.62 bits per heavy atom. The smallest absolute Gasteiger partial charge is 0.253 e. The number of anilines is 2. The van der Waals surface area contributed by atoms with Gasteiger partial charge in [-0.15, -0.1) is 0 Å². The fourth-order valence-electron chi connectivity index (χ4n) is 1.06. The van der Waals surface area contributed by atoms with Gasteiger partial charge in [0.05, 0.1) is 11.4 Å². The molecule has 3 N–H and O–H groups in total. The minimum absolute atomic E-state index is 0.239. The van der Waals surface area contributed by atoms with Crippen molar-refractivity contribution >= 4 is 49.1 Å². The fraction of sp³-hybridized carbons (Fsp3) is 0.300. The zero-order valence-corrected chi connectivity index (χ0v) is 12.1. The molecule has 1 rings (SSSR count). The van der Waals surface area contributed by atoms with E-state index in [2.05, 4.69) is 37.2 Å². The first kappa shape index (κ1) is 13.5. The van der Waals surface area contributed by atoms with Gasteiger partial charge in [-0.2, -0.15) is 0 Å². The van der Waals surface area contributed by atoms with Crippen LogP contribution in [0.4, 0.5) is 11.4 Å². The van der Waals surface area contributed by atoms with Gasteiger partial charge in [0.15, 0.2) is 0 Å². The Morgan fingerprint density at radius 1 is 1.50 bits per heavy atom. The van der Waals surface area contributed by atoms with Crippen LogP contribution in [0.3, 0.4) is 0 Å². The van der Waals surface area contributed by atoms with Gasteiger partial charge in [-0.05, 0) is 35.0 Å². The molecule has 16 heavy (non-hydrogen) atoms. The number of methoxy groups -OCH3 is 1. The number of halogens is 2. The summed E-state index contributed by atoms with van der Waals surface area (Å²) >= 11 is 6.64. The number of benzene rings is 1. The van der Waals surface area contributed by atoms with E-state index in [1.165, 1.54) is 7.11 Å². The summed E-state index contributed by atoms with van der Waals surface area (Å²) in [6.45, 7) is 1.66. The van der Waals surface area contributed by atoms with Gasteiger partial charge >= 0.3 is 0 Å². The second-order valence-corrected chi connectivity index (χ2v) is 4.99. The molecule has 0 radical (unpaired) electrons. The van der Waals surface area contributed by atoms with E-state index in [-0.39, 0.29) is 5.91 Å². The topological polar surface area (TPSA) is 64.3 Å². The van der Waals surface area contributed by atoms with Crippen LogP contribution in [0.25, 0.3) is 0 Å². The largest absolute Gasteiger partial charge is 0.397 e. The SMILES string of the molecule is COC(C)C(=O)Nc1c(N)cc(Br)cc1Br. The maximum absolute atomic E-state index is 11.6. The molecular weight excluding hydrogens is 340 g/mol. The van der Waals surface area contributed by atoms with Gasteiger partial charge in [0, 0.05) is 16.1 Å². The van der Waals surface area contributed by atoms with E-state index in [0.29, 0.717) is 11.4 Å². The third kappa shape index (κ3) is 3.20. The zero-order chi connectivity index (χ0) is 12.3. The summed E-state index contributed by atoms with van der Waals surface area (Å²) in [6, 6.07) is 3.53. The third-order valence-electron chi connectivity index (χ3n) is 2.06. The number of rotatable bonds is 3. The Hall–Kier alpha value is -0.590. The highest BCUT2D eigenvalue weighted by Crippen LogP contribution is 2.32. The number of carbonyl (C=O) groups excluding carboxylic acids is 1. The van der Waals surface area contributed by atoms with Gasteiger partial charge in [-0.1, -0.05) is 15.9 Å². The van der Waals surface area contributed by atoms with Crippen molar-refractivity contribution in [3.8, 4) is 0 Å². The maximum atomic E-state index is 11.6. The first-order valence-electron chi connectivity index (χ1n) is 4.54. The van der Waals surface area contributed by atoms with E-state index in [1.54, 1.807) is 13.0 Å². The first-order valence-corrected chi connectivity index (χ1v) is 6.12. The van der Waals surface area contributed by atoms with E-state index in [4.69, 9.17) is 10.5 Å². The molecule has 88 valence electrons. The Bertz CT molecular complexity index is 387. The first-order chi connectivity index (χ1) is 7.45. The van der Waals surface area contributed by atoms with E-state index in [1.807, 2.05) is 6.07 Å². The summed E-state index contributed by atoms with van der Waals surface area (Å²) in [7, 11) is 1.48. The van der Waals surface area contributed by atoms with Crippen LogP contribution in [0, 0.1) is 0 Å². The fourth-order valence-corrected chi connectivity index (χ4v) is 2.41. The molecule has 0 aliphatic heterocycles. The summed E-state index contributed by atoms with van der Waals surface area (Å²) in [6.07, 6.45) is -0.519. The van der Waals surface area contributed by atoms with Gasteiger partial charge in [0.2, 0.25) is 0 Å². The molecule has 1 aromatic rings. The number of ether oxygens (including phenoxy) is 1. The minimum Gasteiger partial charge on any atom is -0.397 e. The molecular formula is C10H12Br2N2O2. The van der Waals surface area contributed by atoms with Crippen molar-refractivity contribution in [2.45, 2.75) is 13.0 Å². The molecule has 0 bridgehead atoms. The molecule has 0 aromatic heterocycles. The quantitative estimate of drug-likeness (QED) is 0.823. The van der Waals surface area contributed by atoms with Crippen LogP contribution in [0.5, 0.6) is 0 Å². The van der Waals surface area contributed by atoms with Crippen molar-refractivity contribution in [2.75, 3.05) is 18.2 Å². The highest BCUT2D eigenvalue weighted by atomic mass is 79.9. The van der Waals surface area contributed by atoms with Crippen molar-refractivity contribution in [3.05, 3.63) is 21.1 Å². The van der Waals surface area contributed by atoms with Crippen molar-refractivity contribution in [1.82, 2.24) is 0 Å². The standard InChI is InChI=1S/C10H12Br2N2O2/c1-5(16-2)10(15)14-9-7(12)3-6(11)4-8(9)13/h3-5H,13H2,1-2H3,(H,14,15). The van der Waals surface area contributed by atoms with Gasteiger partial charge < -0.3 is 15.8 Å². The van der Waals surface area contributed by atoms with Gasteiger partial charge in [-0.25, -0.2) is 0 Å². The lowest BCUT2D eigenvalue weighted by Gasteiger charge is -2.14. The zero-order valence-electron chi connectivity index (χ0n) is 8.88. The van der Waals surface area contributed by atoms with Crippen LogP contribution in [0.15, 0.2) is 21.1 Å². The average Bonchev–Trinajstić information content (AvgIpc) is 2.21. The van der Waals surface area contributed by atoms with E-state index in [9.17, 15) is 4.79 Å². The van der Waals surface area contributed by atoms with Crippen LogP contribution in [0.2, 0.25) is 0 Å². The molecule has 0 fully saturated rings.